The largest absolute Gasteiger partial charge is 0.495 e. The van der Waals surface area contributed by atoms with E-state index < -0.39 is 35.0 Å². The lowest BCUT2D eigenvalue weighted by atomic mass is 10.1. The fraction of sp³-hybridized carbons (Fsp3) is 0.400. The van der Waals surface area contributed by atoms with Gasteiger partial charge >= 0.3 is 5.97 Å². The summed E-state index contributed by atoms with van der Waals surface area (Å²) in [5, 5.41) is 11.8. The van der Waals surface area contributed by atoms with Crippen molar-refractivity contribution in [2.45, 2.75) is 13.8 Å². The van der Waals surface area contributed by atoms with Gasteiger partial charge in [-0.3, -0.25) is 14.4 Å². The van der Waals surface area contributed by atoms with Crippen molar-refractivity contribution in [3.8, 4) is 5.75 Å². The minimum Gasteiger partial charge on any atom is -0.495 e. The fourth-order valence-electron chi connectivity index (χ4n) is 2.76. The second-order valence-corrected chi connectivity index (χ2v) is 5.88. The molecule has 0 spiro atoms. The van der Waals surface area contributed by atoms with Gasteiger partial charge in [0, 0.05) is 5.56 Å². The van der Waals surface area contributed by atoms with Gasteiger partial charge in [0.1, 0.15) is 5.75 Å². The normalized spacial score (nSPS) is 21.8. The van der Waals surface area contributed by atoms with Crippen LogP contribution in [0, 0.1) is 17.3 Å². The summed E-state index contributed by atoms with van der Waals surface area (Å²) in [5.74, 6) is -3.04. The molecular formula is C15H18N2O5. The quantitative estimate of drug-likeness (QED) is 0.752. The minimum absolute atomic E-state index is 0.223. The number of primary amides is 1. The highest BCUT2D eigenvalue weighted by Gasteiger charge is 2.65. The van der Waals surface area contributed by atoms with E-state index in [2.05, 4.69) is 5.32 Å². The number of carbonyl (C=O) groups excluding carboxylic acids is 2. The number of hydrogen-bond donors (Lipinski definition) is 3. The Kier molecular flexibility index (Phi) is 3.83. The molecule has 2 atom stereocenters. The van der Waals surface area contributed by atoms with Crippen LogP contribution in [0.3, 0.4) is 0 Å². The first-order valence-corrected chi connectivity index (χ1v) is 6.71. The van der Waals surface area contributed by atoms with Crippen LogP contribution >= 0.6 is 0 Å². The lowest BCUT2D eigenvalue weighted by Crippen LogP contribution is -2.19. The van der Waals surface area contributed by atoms with Crippen molar-refractivity contribution in [1.82, 2.24) is 0 Å². The summed E-state index contributed by atoms with van der Waals surface area (Å²) in [6.07, 6.45) is 0. The van der Waals surface area contributed by atoms with Gasteiger partial charge in [0.05, 0.1) is 24.6 Å². The zero-order chi connectivity index (χ0) is 16.7. The van der Waals surface area contributed by atoms with E-state index in [0.717, 1.165) is 0 Å². The number of carbonyl (C=O) groups is 3. The summed E-state index contributed by atoms with van der Waals surface area (Å²) in [4.78, 5) is 34.7. The Balaban J connectivity index is 2.24. The summed E-state index contributed by atoms with van der Waals surface area (Å²) >= 11 is 0. The van der Waals surface area contributed by atoms with E-state index in [4.69, 9.17) is 15.6 Å². The number of nitrogens with two attached hydrogens (primary N) is 1. The molecule has 0 unspecified atom stereocenters. The molecule has 0 radical (unpaired) electrons. The van der Waals surface area contributed by atoms with Gasteiger partial charge in [-0.2, -0.15) is 0 Å². The molecule has 2 amide bonds. The van der Waals surface area contributed by atoms with Gasteiger partial charge in [-0.05, 0) is 23.6 Å². The third-order valence-electron chi connectivity index (χ3n) is 4.12. The third-order valence-corrected chi connectivity index (χ3v) is 4.12. The molecule has 1 fully saturated rings. The van der Waals surface area contributed by atoms with Gasteiger partial charge < -0.3 is 20.9 Å². The van der Waals surface area contributed by atoms with Crippen LogP contribution in [0.15, 0.2) is 18.2 Å². The predicted octanol–water partition coefficient (Wildman–Crippen LogP) is 1.09. The average molecular weight is 306 g/mol. The van der Waals surface area contributed by atoms with E-state index in [1.807, 2.05) is 0 Å². The molecule has 0 aliphatic heterocycles. The van der Waals surface area contributed by atoms with Crippen LogP contribution < -0.4 is 15.8 Å². The number of anilines is 1. The number of carboxylic acids is 1. The molecule has 22 heavy (non-hydrogen) atoms. The molecule has 0 bridgehead atoms. The molecule has 0 heterocycles. The molecule has 118 valence electrons. The highest BCUT2D eigenvalue weighted by molar-refractivity contribution is 6.02. The smallest absolute Gasteiger partial charge is 0.307 e. The first-order chi connectivity index (χ1) is 10.2. The number of methoxy groups -OCH3 is 1. The predicted molar refractivity (Wildman–Crippen MR) is 78.5 cm³/mol. The van der Waals surface area contributed by atoms with Crippen LogP contribution in [-0.4, -0.2) is 30.0 Å². The second-order valence-electron chi connectivity index (χ2n) is 5.88. The highest BCUT2D eigenvalue weighted by Crippen LogP contribution is 2.58. The van der Waals surface area contributed by atoms with Crippen LogP contribution in [0.2, 0.25) is 0 Å². The lowest BCUT2D eigenvalue weighted by Gasteiger charge is -2.11. The summed E-state index contributed by atoms with van der Waals surface area (Å²) in [7, 11) is 1.43. The average Bonchev–Trinajstić information content (AvgIpc) is 3.01. The van der Waals surface area contributed by atoms with E-state index in [1.54, 1.807) is 13.8 Å². The number of ether oxygens (including phenoxy) is 1. The third kappa shape index (κ3) is 2.61. The van der Waals surface area contributed by atoms with Crippen molar-refractivity contribution >= 4 is 23.5 Å². The van der Waals surface area contributed by atoms with Gasteiger partial charge in [0.25, 0.3) is 0 Å². The van der Waals surface area contributed by atoms with Crippen LogP contribution in [0.25, 0.3) is 0 Å². The van der Waals surface area contributed by atoms with E-state index in [0.29, 0.717) is 5.75 Å². The van der Waals surface area contributed by atoms with E-state index in [9.17, 15) is 14.4 Å². The molecule has 0 saturated heterocycles. The van der Waals surface area contributed by atoms with Crippen LogP contribution in [0.4, 0.5) is 5.69 Å². The maximum atomic E-state index is 12.3. The van der Waals surface area contributed by atoms with Crippen molar-refractivity contribution < 1.29 is 24.2 Å². The summed E-state index contributed by atoms with van der Waals surface area (Å²) < 4.78 is 5.12. The number of carboxylic acid groups (broad SMARTS) is 1. The molecule has 7 heteroatoms. The molecule has 4 N–H and O–H groups in total. The monoisotopic (exact) mass is 306 g/mol. The molecular weight excluding hydrogens is 288 g/mol. The maximum Gasteiger partial charge on any atom is 0.307 e. The zero-order valence-electron chi connectivity index (χ0n) is 12.5. The molecule has 1 aromatic rings. The first-order valence-electron chi connectivity index (χ1n) is 6.71. The summed E-state index contributed by atoms with van der Waals surface area (Å²) in [5.41, 5.74) is 5.12. The molecule has 7 nitrogen and oxygen atoms in total. The Morgan fingerprint density at radius 2 is 1.91 bits per heavy atom. The minimum atomic E-state index is -0.997. The Hall–Kier alpha value is -2.57. The number of amides is 2. The van der Waals surface area contributed by atoms with Gasteiger partial charge in [-0.1, -0.05) is 13.8 Å². The number of hydrogen-bond acceptors (Lipinski definition) is 4. The molecule has 2 rings (SSSR count). The van der Waals surface area contributed by atoms with E-state index in [1.165, 1.54) is 25.3 Å². The standard InChI is InChI=1S/C15H18N2O5/c1-15(2)10(11(15)14(20)21)13(19)17-8-6-7(12(16)18)4-5-9(8)22-3/h4-6,10-11H,1-3H3,(H2,16,18)(H,17,19)(H,20,21)/t10-,11+/m1/s1. The topological polar surface area (TPSA) is 119 Å². The van der Waals surface area contributed by atoms with Crippen molar-refractivity contribution in [3.63, 3.8) is 0 Å². The Bertz CT molecular complexity index is 653. The van der Waals surface area contributed by atoms with Gasteiger partial charge in [0.2, 0.25) is 11.8 Å². The van der Waals surface area contributed by atoms with E-state index >= 15 is 0 Å². The Morgan fingerprint density at radius 3 is 2.36 bits per heavy atom. The lowest BCUT2D eigenvalue weighted by molar-refractivity contribution is -0.140. The van der Waals surface area contributed by atoms with Crippen LogP contribution in [0.1, 0.15) is 24.2 Å². The number of rotatable bonds is 5. The molecule has 1 saturated carbocycles. The molecule has 1 aliphatic carbocycles. The molecule has 1 aromatic carbocycles. The fourth-order valence-corrected chi connectivity index (χ4v) is 2.76. The van der Waals surface area contributed by atoms with Crippen molar-refractivity contribution in [2.75, 3.05) is 12.4 Å². The molecule has 0 aromatic heterocycles. The zero-order valence-corrected chi connectivity index (χ0v) is 12.5. The van der Waals surface area contributed by atoms with Gasteiger partial charge in [-0.15, -0.1) is 0 Å². The Labute approximate surface area is 127 Å². The van der Waals surface area contributed by atoms with Crippen molar-refractivity contribution in [1.29, 1.82) is 0 Å². The number of benzene rings is 1. The van der Waals surface area contributed by atoms with Crippen LogP contribution in [-0.2, 0) is 9.59 Å². The molecule has 1 aliphatic rings. The van der Waals surface area contributed by atoms with Gasteiger partial charge in [-0.25, -0.2) is 0 Å². The SMILES string of the molecule is COc1ccc(C(N)=O)cc1NC(=O)[C@H]1[C@@H](C(=O)O)C1(C)C. The first kappa shape index (κ1) is 15.8. The summed E-state index contributed by atoms with van der Waals surface area (Å²) in [6.45, 7) is 3.46. The second kappa shape index (κ2) is 5.32. The highest BCUT2D eigenvalue weighted by atomic mass is 16.5. The maximum absolute atomic E-state index is 12.3. The van der Waals surface area contributed by atoms with Gasteiger partial charge in [0.15, 0.2) is 0 Å². The van der Waals surface area contributed by atoms with Crippen molar-refractivity contribution in [2.24, 2.45) is 23.0 Å². The number of nitrogens with one attached hydrogen (secondary N) is 1. The van der Waals surface area contributed by atoms with Crippen LogP contribution in [0.5, 0.6) is 5.75 Å². The Morgan fingerprint density at radius 1 is 1.27 bits per heavy atom. The number of aliphatic carboxylic acids is 1. The van der Waals surface area contributed by atoms with E-state index in [-0.39, 0.29) is 11.3 Å². The van der Waals surface area contributed by atoms with Crippen molar-refractivity contribution in [3.05, 3.63) is 23.8 Å². The summed E-state index contributed by atoms with van der Waals surface area (Å²) in [6, 6.07) is 4.41.